The second-order valence-corrected chi connectivity index (χ2v) is 11.0. The van der Waals surface area contributed by atoms with Crippen molar-refractivity contribution in [1.82, 2.24) is 24.3 Å². The lowest BCUT2D eigenvalue weighted by atomic mass is 10.1. The molecule has 8 nitrogen and oxygen atoms in total. The number of hydrogen-bond donors (Lipinski definition) is 0. The van der Waals surface area contributed by atoms with Gasteiger partial charge in [0, 0.05) is 53.0 Å². The molecule has 0 radical (unpaired) electrons. The summed E-state index contributed by atoms with van der Waals surface area (Å²) in [5.74, 6) is 0.501. The molecule has 2 atom stereocenters. The summed E-state index contributed by atoms with van der Waals surface area (Å²) in [6, 6.07) is 15.8. The molecule has 3 aromatic rings. The average Bonchev–Trinajstić information content (AvgIpc) is 3.22. The Morgan fingerprint density at radius 3 is 2.41 bits per heavy atom. The molecule has 2 heterocycles. The predicted molar refractivity (Wildman–Crippen MR) is 146 cm³/mol. The number of benzene rings is 2. The van der Waals surface area contributed by atoms with Crippen LogP contribution in [-0.4, -0.2) is 82.2 Å². The number of amides is 2. The molecule has 218 valence electrons. The highest BCUT2D eigenvalue weighted by molar-refractivity contribution is 5.92. The molecule has 1 aromatic heterocycles. The zero-order valence-corrected chi connectivity index (χ0v) is 23.1. The van der Waals surface area contributed by atoms with E-state index in [0.29, 0.717) is 37.0 Å². The number of hydrogen-bond acceptors (Lipinski definition) is 5. The number of likely N-dealkylation sites (N-methyl/N-ethyl adjacent to an activating group) is 1. The number of piperidine rings is 1. The van der Waals surface area contributed by atoms with Crippen LogP contribution < -0.4 is 4.74 Å². The van der Waals surface area contributed by atoms with Crippen LogP contribution in [0.2, 0.25) is 0 Å². The van der Waals surface area contributed by atoms with Gasteiger partial charge in [-0.2, -0.15) is 0 Å². The van der Waals surface area contributed by atoms with Gasteiger partial charge in [-0.1, -0.05) is 42.5 Å². The highest BCUT2D eigenvalue weighted by Gasteiger charge is 2.56. The third kappa shape index (κ3) is 7.46. The molecule has 2 fully saturated rings. The van der Waals surface area contributed by atoms with Crippen LogP contribution in [0, 0.1) is 17.8 Å². The summed E-state index contributed by atoms with van der Waals surface area (Å²) in [4.78, 5) is 36.0. The Balaban J connectivity index is 1.17. The van der Waals surface area contributed by atoms with E-state index in [-0.39, 0.29) is 35.7 Å². The monoisotopic (exact) mass is 569 g/mol. The topological polar surface area (TPSA) is 70.9 Å². The number of imidazole rings is 1. The number of carbonyl (C=O) groups excluding carboxylic acids is 2. The van der Waals surface area contributed by atoms with Crippen molar-refractivity contribution in [1.29, 1.82) is 0 Å². The van der Waals surface area contributed by atoms with Crippen LogP contribution in [0.5, 0.6) is 5.75 Å². The second kappa shape index (κ2) is 11.9. The SMILES string of the molecule is CN(CCc1ccccc1)C(=O)CN1CC2C(C1)C2CN(Cc1cccc(OC(F)(F)F)c1)C(=O)c1cn(C)cn1. The molecule has 41 heavy (non-hydrogen) atoms. The van der Waals surface area contributed by atoms with E-state index in [4.69, 9.17) is 0 Å². The number of carbonyl (C=O) groups is 2. The number of likely N-dealkylation sites (tertiary alicyclic amines) is 1. The number of ether oxygens (including phenoxy) is 1. The quantitative estimate of drug-likeness (QED) is 0.351. The Labute approximate surface area is 237 Å². The maximum absolute atomic E-state index is 13.4. The minimum absolute atomic E-state index is 0.0895. The van der Waals surface area contributed by atoms with Crippen LogP contribution in [-0.2, 0) is 24.8 Å². The number of aryl methyl sites for hydroxylation is 1. The van der Waals surface area contributed by atoms with Gasteiger partial charge < -0.3 is 19.1 Å². The number of fused-ring (bicyclic) bond motifs is 1. The molecule has 2 amide bonds. The van der Waals surface area contributed by atoms with Crippen molar-refractivity contribution in [2.24, 2.45) is 24.8 Å². The van der Waals surface area contributed by atoms with Crippen molar-refractivity contribution in [3.63, 3.8) is 0 Å². The fourth-order valence-corrected chi connectivity index (χ4v) is 5.74. The van der Waals surface area contributed by atoms with Crippen molar-refractivity contribution in [2.45, 2.75) is 19.3 Å². The molecule has 2 unspecified atom stereocenters. The second-order valence-electron chi connectivity index (χ2n) is 11.0. The van der Waals surface area contributed by atoms with E-state index in [0.717, 1.165) is 19.5 Å². The molecule has 0 spiro atoms. The Morgan fingerprint density at radius 1 is 1.05 bits per heavy atom. The van der Waals surface area contributed by atoms with Crippen LogP contribution in [0.1, 0.15) is 21.6 Å². The van der Waals surface area contributed by atoms with E-state index in [1.165, 1.54) is 23.8 Å². The van der Waals surface area contributed by atoms with Gasteiger partial charge in [-0.3, -0.25) is 14.5 Å². The number of rotatable bonds is 11. The van der Waals surface area contributed by atoms with Crippen LogP contribution in [0.4, 0.5) is 13.2 Å². The van der Waals surface area contributed by atoms with Gasteiger partial charge in [-0.05, 0) is 47.4 Å². The summed E-state index contributed by atoms with van der Waals surface area (Å²) in [6.45, 7) is 3.20. The molecular weight excluding hydrogens is 535 g/mol. The van der Waals surface area contributed by atoms with E-state index in [1.54, 1.807) is 40.0 Å². The molecule has 0 bridgehead atoms. The molecule has 2 aromatic carbocycles. The number of nitrogens with zero attached hydrogens (tertiary/aromatic N) is 5. The number of aromatic nitrogens is 2. The molecule has 1 saturated carbocycles. The van der Waals surface area contributed by atoms with E-state index in [2.05, 4.69) is 26.8 Å². The van der Waals surface area contributed by atoms with E-state index < -0.39 is 6.36 Å². The van der Waals surface area contributed by atoms with Gasteiger partial charge in [-0.15, -0.1) is 13.2 Å². The Morgan fingerprint density at radius 2 is 1.76 bits per heavy atom. The normalized spacial score (nSPS) is 20.0. The molecule has 0 N–H and O–H groups in total. The summed E-state index contributed by atoms with van der Waals surface area (Å²) >= 11 is 0. The zero-order valence-electron chi connectivity index (χ0n) is 23.1. The first kappa shape index (κ1) is 28.7. The third-order valence-corrected chi connectivity index (χ3v) is 7.96. The Bertz CT molecular complexity index is 1350. The van der Waals surface area contributed by atoms with Crippen LogP contribution in [0.25, 0.3) is 0 Å². The smallest absolute Gasteiger partial charge is 0.406 e. The minimum Gasteiger partial charge on any atom is -0.406 e. The first-order chi connectivity index (χ1) is 19.6. The van der Waals surface area contributed by atoms with Crippen molar-refractivity contribution in [2.75, 3.05) is 39.8 Å². The number of halogens is 3. The molecular formula is C30H34F3N5O3. The van der Waals surface area contributed by atoms with Crippen LogP contribution in [0.3, 0.4) is 0 Å². The van der Waals surface area contributed by atoms with Gasteiger partial charge >= 0.3 is 6.36 Å². The summed E-state index contributed by atoms with van der Waals surface area (Å²) in [5.41, 5.74) is 2.01. The molecule has 1 saturated heterocycles. The van der Waals surface area contributed by atoms with E-state index in [1.807, 2.05) is 25.2 Å². The fraction of sp³-hybridized carbons (Fsp3) is 0.433. The Kier molecular flexibility index (Phi) is 8.35. The standard InChI is InChI=1S/C30H34F3N5O3/c1-35-18-27(34-20-35)29(40)38(14-22-9-6-10-23(13-22)41-30(31,32)33)17-26-24-15-37(16-25(24)26)19-28(39)36(2)12-11-21-7-4-3-5-8-21/h3-10,13,18,20,24-26H,11-12,14-17,19H2,1-2H3. The fourth-order valence-electron chi connectivity index (χ4n) is 5.74. The molecule has 11 heteroatoms. The lowest BCUT2D eigenvalue weighted by Gasteiger charge is -2.26. The average molecular weight is 570 g/mol. The summed E-state index contributed by atoms with van der Waals surface area (Å²) in [6.07, 6.45) is -0.812. The first-order valence-electron chi connectivity index (χ1n) is 13.7. The minimum atomic E-state index is -4.79. The summed E-state index contributed by atoms with van der Waals surface area (Å²) in [7, 11) is 3.60. The van der Waals surface area contributed by atoms with Crippen molar-refractivity contribution in [3.05, 3.63) is 83.9 Å². The molecule has 1 aliphatic heterocycles. The summed E-state index contributed by atoms with van der Waals surface area (Å²) in [5, 5.41) is 0. The summed E-state index contributed by atoms with van der Waals surface area (Å²) < 4.78 is 44.0. The molecule has 2 aliphatic rings. The van der Waals surface area contributed by atoms with Gasteiger partial charge in [-0.25, -0.2) is 4.98 Å². The molecule has 5 rings (SSSR count). The zero-order chi connectivity index (χ0) is 29.1. The Hall–Kier alpha value is -3.86. The van der Waals surface area contributed by atoms with E-state index >= 15 is 0 Å². The van der Waals surface area contributed by atoms with Gasteiger partial charge in [0.1, 0.15) is 11.4 Å². The van der Waals surface area contributed by atoms with Gasteiger partial charge in [0.25, 0.3) is 5.91 Å². The van der Waals surface area contributed by atoms with Crippen molar-refractivity contribution in [3.8, 4) is 5.75 Å². The maximum Gasteiger partial charge on any atom is 0.573 e. The lowest BCUT2D eigenvalue weighted by Crippen LogP contribution is -2.40. The molecule has 1 aliphatic carbocycles. The van der Waals surface area contributed by atoms with E-state index in [9.17, 15) is 22.8 Å². The number of alkyl halides is 3. The van der Waals surface area contributed by atoms with Crippen LogP contribution in [0.15, 0.2) is 67.1 Å². The largest absolute Gasteiger partial charge is 0.573 e. The van der Waals surface area contributed by atoms with Gasteiger partial charge in [0.05, 0.1) is 12.9 Å². The van der Waals surface area contributed by atoms with Crippen molar-refractivity contribution < 1.29 is 27.5 Å². The highest BCUT2D eigenvalue weighted by Crippen LogP contribution is 2.52. The third-order valence-electron chi connectivity index (χ3n) is 7.96. The van der Waals surface area contributed by atoms with Gasteiger partial charge in [0.15, 0.2) is 0 Å². The highest BCUT2D eigenvalue weighted by atomic mass is 19.4. The predicted octanol–water partition coefficient (Wildman–Crippen LogP) is 3.84. The lowest BCUT2D eigenvalue weighted by molar-refractivity contribution is -0.274. The van der Waals surface area contributed by atoms with Crippen molar-refractivity contribution >= 4 is 11.8 Å². The van der Waals surface area contributed by atoms with Crippen LogP contribution >= 0.6 is 0 Å². The first-order valence-corrected chi connectivity index (χ1v) is 13.7. The maximum atomic E-state index is 13.4. The van der Waals surface area contributed by atoms with Gasteiger partial charge in [0.2, 0.25) is 5.91 Å².